The fraction of sp³-hybridized carbons (Fsp3) is 0.917. The number of ether oxygens (including phenoxy) is 2. The zero-order valence-electron chi connectivity index (χ0n) is 36.1. The lowest BCUT2D eigenvalue weighted by Gasteiger charge is -2.17. The second kappa shape index (κ2) is 45.4. The highest BCUT2D eigenvalue weighted by Gasteiger charge is 2.13. The van der Waals surface area contributed by atoms with E-state index in [1.165, 1.54) is 205 Å². The van der Waals surface area contributed by atoms with Crippen LogP contribution < -0.4 is 0 Å². The van der Waals surface area contributed by atoms with Crippen LogP contribution in [0.5, 0.6) is 0 Å². The van der Waals surface area contributed by atoms with Crippen molar-refractivity contribution < 1.29 is 19.1 Å². The van der Waals surface area contributed by atoms with Crippen molar-refractivity contribution in [2.75, 3.05) is 24.7 Å². The Balaban J connectivity index is 3.88. The van der Waals surface area contributed by atoms with Crippen molar-refractivity contribution in [2.24, 2.45) is 5.92 Å². The van der Waals surface area contributed by atoms with Gasteiger partial charge in [-0.25, -0.2) is 0 Å². The Kier molecular flexibility index (Phi) is 44.6. The molecule has 0 aromatic carbocycles. The lowest BCUT2D eigenvalue weighted by atomic mass is 9.94. The van der Waals surface area contributed by atoms with Gasteiger partial charge in [-0.3, -0.25) is 9.59 Å². The average molecular weight is 765 g/mol. The van der Waals surface area contributed by atoms with Gasteiger partial charge in [-0.2, -0.15) is 11.8 Å². The van der Waals surface area contributed by atoms with Gasteiger partial charge in [-0.15, -0.1) is 0 Å². The van der Waals surface area contributed by atoms with Gasteiger partial charge in [0.15, 0.2) is 0 Å². The highest BCUT2D eigenvalue weighted by atomic mass is 32.2. The van der Waals surface area contributed by atoms with Crippen LogP contribution in [0.2, 0.25) is 0 Å². The Morgan fingerprint density at radius 3 is 1.19 bits per heavy atom. The van der Waals surface area contributed by atoms with Crippen molar-refractivity contribution in [1.82, 2.24) is 0 Å². The zero-order chi connectivity index (χ0) is 38.6. The first-order valence-electron chi connectivity index (χ1n) is 23.7. The quantitative estimate of drug-likeness (QED) is 0.0351. The number of carbonyl (C=O) groups is 2. The molecule has 0 spiro atoms. The summed E-state index contributed by atoms with van der Waals surface area (Å²) in [4.78, 5) is 24.7. The van der Waals surface area contributed by atoms with Gasteiger partial charge in [-0.1, -0.05) is 206 Å². The second-order valence-electron chi connectivity index (χ2n) is 16.1. The van der Waals surface area contributed by atoms with Gasteiger partial charge in [0.1, 0.15) is 0 Å². The number of rotatable bonds is 44. The van der Waals surface area contributed by atoms with E-state index in [-0.39, 0.29) is 11.9 Å². The van der Waals surface area contributed by atoms with Gasteiger partial charge >= 0.3 is 11.9 Å². The van der Waals surface area contributed by atoms with Gasteiger partial charge in [0.05, 0.1) is 26.1 Å². The van der Waals surface area contributed by atoms with E-state index < -0.39 is 0 Å². The molecule has 0 heterocycles. The number of esters is 2. The van der Waals surface area contributed by atoms with Crippen LogP contribution in [0.4, 0.5) is 0 Å². The molecule has 0 saturated carbocycles. The third-order valence-corrected chi connectivity index (χ3v) is 11.7. The van der Waals surface area contributed by atoms with E-state index in [2.05, 4.69) is 32.9 Å². The van der Waals surface area contributed by atoms with Gasteiger partial charge in [0.2, 0.25) is 0 Å². The average Bonchev–Trinajstić information content (AvgIpc) is 3.16. The van der Waals surface area contributed by atoms with E-state index in [4.69, 9.17) is 9.47 Å². The smallest absolute Gasteiger partial charge is 0.306 e. The van der Waals surface area contributed by atoms with Crippen molar-refractivity contribution in [3.8, 4) is 0 Å². The molecule has 5 heteroatoms. The minimum absolute atomic E-state index is 0.0796. The largest absolute Gasteiger partial charge is 0.466 e. The molecule has 0 aliphatic rings. The van der Waals surface area contributed by atoms with E-state index in [9.17, 15) is 9.59 Å². The summed E-state index contributed by atoms with van der Waals surface area (Å²) < 4.78 is 11.2. The first-order valence-corrected chi connectivity index (χ1v) is 24.8. The Morgan fingerprint density at radius 2 is 0.774 bits per heavy atom. The fourth-order valence-corrected chi connectivity index (χ4v) is 7.93. The van der Waals surface area contributed by atoms with Crippen LogP contribution in [0.1, 0.15) is 252 Å². The molecule has 53 heavy (non-hydrogen) atoms. The second-order valence-corrected chi connectivity index (χ2v) is 17.3. The Labute approximate surface area is 336 Å². The summed E-state index contributed by atoms with van der Waals surface area (Å²) in [6.07, 6.45) is 50.2. The summed E-state index contributed by atoms with van der Waals surface area (Å²) in [5.41, 5.74) is 0. The fourth-order valence-electron chi connectivity index (χ4n) is 7.10. The lowest BCUT2D eigenvalue weighted by Crippen LogP contribution is -2.15. The normalized spacial score (nSPS) is 12.1. The molecule has 0 rings (SSSR count). The van der Waals surface area contributed by atoms with Crippen LogP contribution in [0, 0.1) is 5.92 Å². The van der Waals surface area contributed by atoms with Crippen LogP contribution in [-0.2, 0) is 19.1 Å². The van der Waals surface area contributed by atoms with Crippen LogP contribution >= 0.6 is 11.8 Å². The molecule has 0 radical (unpaired) electrons. The maximum absolute atomic E-state index is 12.5. The Bertz CT molecular complexity index is 769. The van der Waals surface area contributed by atoms with Gasteiger partial charge in [0.25, 0.3) is 0 Å². The Hall–Kier alpha value is -0.970. The van der Waals surface area contributed by atoms with Crippen LogP contribution in [0.3, 0.4) is 0 Å². The molecule has 1 unspecified atom stereocenters. The summed E-state index contributed by atoms with van der Waals surface area (Å²) in [6, 6.07) is 0. The zero-order valence-corrected chi connectivity index (χ0v) is 36.9. The minimum Gasteiger partial charge on any atom is -0.466 e. The van der Waals surface area contributed by atoms with Crippen LogP contribution in [-0.4, -0.2) is 36.7 Å². The van der Waals surface area contributed by atoms with Crippen molar-refractivity contribution in [2.45, 2.75) is 252 Å². The van der Waals surface area contributed by atoms with Crippen molar-refractivity contribution in [3.05, 3.63) is 12.2 Å². The minimum atomic E-state index is -0.108. The summed E-state index contributed by atoms with van der Waals surface area (Å²) in [5.74, 6) is 1.73. The topological polar surface area (TPSA) is 52.6 Å². The molecule has 0 bridgehead atoms. The number of allylic oxidation sites excluding steroid dienone is 2. The molecule has 0 saturated heterocycles. The van der Waals surface area contributed by atoms with Crippen molar-refractivity contribution >= 4 is 23.7 Å². The van der Waals surface area contributed by atoms with E-state index >= 15 is 0 Å². The van der Waals surface area contributed by atoms with E-state index in [0.29, 0.717) is 43.5 Å². The molecule has 4 nitrogen and oxygen atoms in total. The first-order chi connectivity index (χ1) is 26.1. The van der Waals surface area contributed by atoms with E-state index in [0.717, 1.165) is 12.8 Å². The third-order valence-electron chi connectivity index (χ3n) is 10.7. The maximum Gasteiger partial charge on any atom is 0.306 e. The Morgan fingerprint density at radius 1 is 0.434 bits per heavy atom. The monoisotopic (exact) mass is 765 g/mol. The summed E-state index contributed by atoms with van der Waals surface area (Å²) in [5, 5.41) is 0. The highest BCUT2D eigenvalue weighted by Crippen LogP contribution is 2.21. The number of unbranched alkanes of at least 4 members (excludes halogenated alkanes) is 28. The third kappa shape index (κ3) is 43.6. The molecule has 314 valence electrons. The first kappa shape index (κ1) is 52.0. The molecule has 0 aliphatic heterocycles. The number of hydrogen-bond donors (Lipinski definition) is 0. The predicted molar refractivity (Wildman–Crippen MR) is 235 cm³/mol. The predicted octanol–water partition coefficient (Wildman–Crippen LogP) is 16.1. The van der Waals surface area contributed by atoms with E-state index in [1.807, 2.05) is 0 Å². The SMILES string of the molecule is CCCCCCCC/C=C\CCCCCCCCOC(=O)CCSCCC(=O)OCC(CCCCCCCCCC)CCCCCCCCCCCC. The molecular weight excluding hydrogens is 673 g/mol. The van der Waals surface area contributed by atoms with Crippen LogP contribution in [0.25, 0.3) is 0 Å². The molecule has 1 atom stereocenters. The summed E-state index contributed by atoms with van der Waals surface area (Å²) >= 11 is 1.66. The molecule has 0 amide bonds. The van der Waals surface area contributed by atoms with Gasteiger partial charge in [-0.05, 0) is 50.9 Å². The van der Waals surface area contributed by atoms with Crippen LogP contribution in [0.15, 0.2) is 12.2 Å². The highest BCUT2D eigenvalue weighted by molar-refractivity contribution is 7.99. The number of hydrogen-bond acceptors (Lipinski definition) is 5. The lowest BCUT2D eigenvalue weighted by molar-refractivity contribution is -0.145. The van der Waals surface area contributed by atoms with Gasteiger partial charge < -0.3 is 9.47 Å². The molecule has 0 aliphatic carbocycles. The summed E-state index contributed by atoms with van der Waals surface area (Å²) in [6.45, 7) is 7.96. The standard InChI is InChI=1S/C48H92O4S/c1-4-7-10-13-16-19-21-22-23-24-25-26-28-31-34-37-42-51-47(49)40-43-53-44-41-48(50)52-45-46(38-35-32-29-18-15-12-9-6-3)39-36-33-30-27-20-17-14-11-8-5-2/h22-23,46H,4-21,24-45H2,1-3H3/b23-22-. The molecule has 0 aromatic heterocycles. The molecular formula is C48H92O4S. The number of carbonyl (C=O) groups excluding carboxylic acids is 2. The van der Waals surface area contributed by atoms with Gasteiger partial charge in [0, 0.05) is 11.5 Å². The maximum atomic E-state index is 12.5. The van der Waals surface area contributed by atoms with Crippen molar-refractivity contribution in [3.63, 3.8) is 0 Å². The van der Waals surface area contributed by atoms with Crippen molar-refractivity contribution in [1.29, 1.82) is 0 Å². The molecule has 0 N–H and O–H groups in total. The summed E-state index contributed by atoms with van der Waals surface area (Å²) in [7, 11) is 0. The molecule has 0 fully saturated rings. The van der Waals surface area contributed by atoms with E-state index in [1.54, 1.807) is 11.8 Å². The molecule has 0 aromatic rings. The number of thioether (sulfide) groups is 1.